The van der Waals surface area contributed by atoms with Gasteiger partial charge in [0, 0.05) is 5.92 Å². The van der Waals surface area contributed by atoms with E-state index in [9.17, 15) is 40.9 Å². The molecule has 10 atom stereocenters. The van der Waals surface area contributed by atoms with Crippen LogP contribution < -0.4 is 0 Å². The lowest BCUT2D eigenvalue weighted by molar-refractivity contribution is -0.312. The van der Waals surface area contributed by atoms with Gasteiger partial charge in [0.15, 0.2) is 12.6 Å². The van der Waals surface area contributed by atoms with Crippen molar-refractivity contribution in [2.24, 2.45) is 5.92 Å². The molecule has 2 heterocycles. The van der Waals surface area contributed by atoms with E-state index in [0.717, 1.165) is 44.9 Å². The van der Waals surface area contributed by atoms with E-state index in [1.165, 1.54) is 5.56 Å². The molecule has 1 aromatic carbocycles. The van der Waals surface area contributed by atoms with E-state index in [1.807, 2.05) is 18.2 Å². The smallest absolute Gasteiger partial charge is 0.186 e. The summed E-state index contributed by atoms with van der Waals surface area (Å²) in [6, 6.07) is 10.4. The average molecular weight is 631 g/mol. The van der Waals surface area contributed by atoms with Gasteiger partial charge in [0.05, 0.1) is 26.4 Å². The first-order chi connectivity index (χ1) is 21.1. The van der Waals surface area contributed by atoms with E-state index < -0.39 is 74.6 Å². The Morgan fingerprint density at radius 1 is 0.659 bits per heavy atom. The second kappa shape index (κ2) is 18.2. The van der Waals surface area contributed by atoms with Crippen molar-refractivity contribution in [2.45, 2.75) is 132 Å². The van der Waals surface area contributed by atoms with Crippen LogP contribution in [-0.4, -0.2) is 129 Å². The molecule has 8 N–H and O–H groups in total. The Kier molecular flexibility index (Phi) is 15.4. The summed E-state index contributed by atoms with van der Waals surface area (Å²) >= 11 is 0. The second-order valence-corrected chi connectivity index (χ2v) is 12.3. The van der Waals surface area contributed by atoms with E-state index in [1.54, 1.807) is 0 Å². The van der Waals surface area contributed by atoms with Gasteiger partial charge in [-0.1, -0.05) is 69.9 Å². The highest BCUT2D eigenvalue weighted by Crippen LogP contribution is 2.41. The molecule has 12 heteroatoms. The highest BCUT2D eigenvalue weighted by atomic mass is 16.7. The maximum atomic E-state index is 10.5. The second-order valence-electron chi connectivity index (χ2n) is 12.3. The summed E-state index contributed by atoms with van der Waals surface area (Å²) in [4.78, 5) is 0. The van der Waals surface area contributed by atoms with E-state index in [0.29, 0.717) is 6.42 Å². The Labute approximate surface area is 260 Å². The quantitative estimate of drug-likeness (QED) is 0.111. The zero-order valence-electron chi connectivity index (χ0n) is 25.9. The molecule has 254 valence electrons. The predicted molar refractivity (Wildman–Crippen MR) is 159 cm³/mol. The number of hydrogen-bond donors (Lipinski definition) is 8. The maximum absolute atomic E-state index is 10.5. The van der Waals surface area contributed by atoms with Crippen molar-refractivity contribution in [3.63, 3.8) is 0 Å². The third-order valence-corrected chi connectivity index (χ3v) is 9.12. The van der Waals surface area contributed by atoms with E-state index in [-0.39, 0.29) is 24.5 Å². The fourth-order valence-corrected chi connectivity index (χ4v) is 6.20. The molecule has 0 amide bonds. The van der Waals surface area contributed by atoms with Gasteiger partial charge in [0.1, 0.15) is 48.8 Å². The molecule has 0 saturated carbocycles. The van der Waals surface area contributed by atoms with Gasteiger partial charge in [-0.2, -0.15) is 0 Å². The molecule has 0 unspecified atom stereocenters. The third kappa shape index (κ3) is 9.40. The van der Waals surface area contributed by atoms with Crippen LogP contribution in [0.5, 0.6) is 0 Å². The van der Waals surface area contributed by atoms with Crippen LogP contribution in [0.3, 0.4) is 0 Å². The lowest BCUT2D eigenvalue weighted by Gasteiger charge is -2.41. The van der Waals surface area contributed by atoms with E-state index in [4.69, 9.17) is 18.9 Å². The first kappa shape index (κ1) is 37.2. The third-order valence-electron chi connectivity index (χ3n) is 9.12. The van der Waals surface area contributed by atoms with Crippen LogP contribution in [0.1, 0.15) is 70.8 Å². The number of ether oxygens (including phenoxy) is 4. The Balaban J connectivity index is 1.81. The van der Waals surface area contributed by atoms with Crippen LogP contribution in [-0.2, 0) is 24.4 Å². The van der Waals surface area contributed by atoms with Crippen LogP contribution in [0.2, 0.25) is 0 Å². The minimum absolute atomic E-state index is 0.00740. The molecule has 0 bridgehead atoms. The zero-order valence-corrected chi connectivity index (χ0v) is 25.9. The molecule has 0 radical (unpaired) electrons. The molecule has 0 aliphatic carbocycles. The molecule has 3 rings (SSSR count). The fourth-order valence-electron chi connectivity index (χ4n) is 6.20. The van der Waals surface area contributed by atoms with Gasteiger partial charge in [-0.15, -0.1) is 0 Å². The number of aliphatic hydroxyl groups excluding tert-OH is 8. The van der Waals surface area contributed by atoms with Crippen LogP contribution in [0.25, 0.3) is 0 Å². The van der Waals surface area contributed by atoms with Crippen LogP contribution >= 0.6 is 0 Å². The normalized spacial score (nSPS) is 33.2. The summed E-state index contributed by atoms with van der Waals surface area (Å²) < 4.78 is 22.9. The van der Waals surface area contributed by atoms with Crippen molar-refractivity contribution < 1.29 is 59.8 Å². The molecule has 44 heavy (non-hydrogen) atoms. The Morgan fingerprint density at radius 2 is 1.11 bits per heavy atom. The number of benzene rings is 1. The molecule has 2 fully saturated rings. The number of aliphatic hydroxyl groups is 8. The van der Waals surface area contributed by atoms with E-state index >= 15 is 0 Å². The summed E-state index contributed by atoms with van der Waals surface area (Å²) in [6.45, 7) is 3.16. The summed E-state index contributed by atoms with van der Waals surface area (Å²) in [5.41, 5.74) is 1.14. The van der Waals surface area contributed by atoms with Crippen molar-refractivity contribution in [2.75, 3.05) is 26.4 Å². The fraction of sp³-hybridized carbons (Fsp3) is 0.812. The Bertz CT molecular complexity index is 870. The lowest BCUT2D eigenvalue weighted by atomic mass is 9.69. The molecule has 0 aromatic heterocycles. The van der Waals surface area contributed by atoms with Gasteiger partial charge >= 0.3 is 0 Å². The van der Waals surface area contributed by atoms with Gasteiger partial charge in [0.25, 0.3) is 0 Å². The summed E-state index contributed by atoms with van der Waals surface area (Å²) in [6.07, 6.45) is -6.63. The minimum atomic E-state index is -1.58. The van der Waals surface area contributed by atoms with Crippen molar-refractivity contribution in [1.29, 1.82) is 0 Å². The SMILES string of the molecule is CCCCC(CCCC)(CCC(CO[C@H]1O[C@@H](CO)[C@H](O)[C@@H](O)[C@@H]1O)CO[C@H]1O[C@@H](CO)[C@H](O)[C@@H](O)[C@@H]1O)c1ccccc1. The zero-order chi connectivity index (χ0) is 32.3. The predicted octanol–water partition coefficient (Wildman–Crippen LogP) is 0.334. The molecule has 1 aromatic rings. The average Bonchev–Trinajstić information content (AvgIpc) is 3.05. The minimum Gasteiger partial charge on any atom is -0.394 e. The Hall–Kier alpha value is -1.26. The molecular formula is C32H54O12. The molecule has 0 spiro atoms. The Morgan fingerprint density at radius 3 is 1.52 bits per heavy atom. The van der Waals surface area contributed by atoms with Gasteiger partial charge in [0.2, 0.25) is 0 Å². The molecule has 2 aliphatic heterocycles. The molecule has 12 nitrogen and oxygen atoms in total. The van der Waals surface area contributed by atoms with Gasteiger partial charge in [-0.25, -0.2) is 0 Å². The van der Waals surface area contributed by atoms with Crippen LogP contribution in [0, 0.1) is 5.92 Å². The topological polar surface area (TPSA) is 199 Å². The largest absolute Gasteiger partial charge is 0.394 e. The first-order valence-electron chi connectivity index (χ1n) is 16.0. The molecule has 2 saturated heterocycles. The van der Waals surface area contributed by atoms with Crippen molar-refractivity contribution >= 4 is 0 Å². The number of rotatable bonds is 18. The lowest BCUT2D eigenvalue weighted by Crippen LogP contribution is -2.59. The number of unbranched alkanes of at least 4 members (excludes halogenated alkanes) is 2. The highest BCUT2D eigenvalue weighted by molar-refractivity contribution is 5.25. The van der Waals surface area contributed by atoms with Crippen molar-refractivity contribution in [1.82, 2.24) is 0 Å². The van der Waals surface area contributed by atoms with Gasteiger partial charge in [-0.05, 0) is 36.7 Å². The highest BCUT2D eigenvalue weighted by Gasteiger charge is 2.46. The molecule has 2 aliphatic rings. The summed E-state index contributed by atoms with van der Waals surface area (Å²) in [7, 11) is 0. The first-order valence-corrected chi connectivity index (χ1v) is 16.0. The van der Waals surface area contributed by atoms with Gasteiger partial charge < -0.3 is 59.8 Å². The van der Waals surface area contributed by atoms with Crippen LogP contribution in [0.15, 0.2) is 30.3 Å². The van der Waals surface area contributed by atoms with E-state index in [2.05, 4.69) is 26.0 Å². The van der Waals surface area contributed by atoms with Crippen molar-refractivity contribution in [3.05, 3.63) is 35.9 Å². The summed E-state index contributed by atoms with van der Waals surface area (Å²) in [5.74, 6) is -0.346. The maximum Gasteiger partial charge on any atom is 0.186 e. The van der Waals surface area contributed by atoms with Crippen molar-refractivity contribution in [3.8, 4) is 0 Å². The van der Waals surface area contributed by atoms with Crippen LogP contribution in [0.4, 0.5) is 0 Å². The summed E-state index contributed by atoms with van der Waals surface area (Å²) in [5, 5.41) is 80.9. The number of hydrogen-bond acceptors (Lipinski definition) is 12. The monoisotopic (exact) mass is 630 g/mol. The van der Waals surface area contributed by atoms with Gasteiger partial charge in [-0.3, -0.25) is 0 Å². The standard InChI is InChI=1S/C32H54O12/c1-3-5-13-32(14-6-4-2,21-10-8-7-9-11-21)15-12-20(18-41-30-28(39)26(37)24(35)22(16-33)43-30)19-42-31-29(40)27(38)25(36)23(17-34)44-31/h7-11,20,22-31,33-40H,3-6,12-19H2,1-2H3/t22-,23-,24-,25-,26+,27+,28-,29-,30-,31-/m0/s1. The molecular weight excluding hydrogens is 576 g/mol.